The summed E-state index contributed by atoms with van der Waals surface area (Å²) < 4.78 is 112. The third kappa shape index (κ3) is 10.8. The fraction of sp³-hybridized carbons (Fsp3) is 0.774. The molecule has 2 heterocycles. The van der Waals surface area contributed by atoms with Crippen molar-refractivity contribution < 1.29 is 54.7 Å². The molecule has 0 aliphatic heterocycles. The van der Waals surface area contributed by atoms with Crippen LogP contribution in [0.3, 0.4) is 0 Å². The van der Waals surface area contributed by atoms with Crippen molar-refractivity contribution in [1.29, 1.82) is 0 Å². The van der Waals surface area contributed by atoms with E-state index in [2.05, 4.69) is 25.1 Å². The van der Waals surface area contributed by atoms with Gasteiger partial charge >= 0.3 is 24.3 Å². The Bertz CT molecular complexity index is 1500. The van der Waals surface area contributed by atoms with Gasteiger partial charge in [0.05, 0.1) is 30.8 Å². The molecule has 0 saturated heterocycles. The van der Waals surface area contributed by atoms with Gasteiger partial charge in [0.15, 0.2) is 11.5 Å². The van der Waals surface area contributed by atoms with E-state index in [0.29, 0.717) is 11.2 Å². The third-order valence-corrected chi connectivity index (χ3v) is 11.5. The number of aromatic nitrogens is 4. The number of nitrogen functional groups attached to an aromatic ring is 1. The zero-order valence-electron chi connectivity index (χ0n) is 29.1. The van der Waals surface area contributed by atoms with Gasteiger partial charge in [-0.1, -0.05) is 0 Å². The molecular weight excluding hydrogens is 711 g/mol. The monoisotopic (exact) mass is 757 g/mol. The average molecular weight is 758 g/mol. The lowest BCUT2D eigenvalue weighted by Crippen LogP contribution is -2.55. The fourth-order valence-corrected chi connectivity index (χ4v) is 8.93. The molecule has 0 spiro atoms. The molecule has 2 aromatic heterocycles. The summed E-state index contributed by atoms with van der Waals surface area (Å²) >= 11 is 0. The van der Waals surface area contributed by atoms with E-state index in [1.165, 1.54) is 40.3 Å². The smallest absolute Gasteiger partial charge is 0.391 e. The van der Waals surface area contributed by atoms with Gasteiger partial charge in [-0.25, -0.2) is 25.1 Å². The van der Waals surface area contributed by atoms with Crippen molar-refractivity contribution in [2.45, 2.75) is 134 Å². The lowest BCUT2D eigenvalue weighted by molar-refractivity contribution is -0.190. The molecule has 0 bridgehead atoms. The van der Waals surface area contributed by atoms with Crippen molar-refractivity contribution >= 4 is 36.4 Å². The number of ether oxygens (including phenoxy) is 3. The summed E-state index contributed by atoms with van der Waals surface area (Å²) in [5.41, 5.74) is 3.28. The first-order valence-electron chi connectivity index (χ1n) is 16.8. The van der Waals surface area contributed by atoms with Gasteiger partial charge < -0.3 is 24.5 Å². The first-order chi connectivity index (χ1) is 23.5. The van der Waals surface area contributed by atoms with Gasteiger partial charge in [0, 0.05) is 0 Å². The number of nitrogens with zero attached hydrogens (tertiary/aromatic N) is 4. The Kier molecular flexibility index (Phi) is 12.4. The van der Waals surface area contributed by atoms with E-state index in [1.54, 1.807) is 11.5 Å². The number of halogens is 6. The fourth-order valence-electron chi connectivity index (χ4n) is 6.29. The SMILES string of the molecule is C[C@H](Cn1cnc2c(N)ncnc21)OCP(=O)(NC(C)(C)C(=O)O[C@H]1CC[C@H](C(F)(F)F)CC1)NC(C)(C)C(=O)O[C@H]1CC[C@H](C(F)(F)F)CC1. The highest BCUT2D eigenvalue weighted by molar-refractivity contribution is 7.59. The van der Waals surface area contributed by atoms with Crippen molar-refractivity contribution in [3.8, 4) is 0 Å². The summed E-state index contributed by atoms with van der Waals surface area (Å²) in [6, 6.07) is 0. The zero-order valence-corrected chi connectivity index (χ0v) is 30.0. The van der Waals surface area contributed by atoms with Crippen molar-refractivity contribution in [2.75, 3.05) is 12.1 Å². The number of fused-ring (bicyclic) bond motifs is 1. The number of nitrogens with two attached hydrogens (primary N) is 1. The van der Waals surface area contributed by atoms with Crippen LogP contribution in [0.4, 0.5) is 32.2 Å². The van der Waals surface area contributed by atoms with Gasteiger partial charge in [-0.15, -0.1) is 0 Å². The number of hydrogen-bond donors (Lipinski definition) is 3. The number of rotatable bonds is 13. The maximum absolute atomic E-state index is 14.6. The van der Waals surface area contributed by atoms with Crippen LogP contribution in [0.1, 0.15) is 86.0 Å². The van der Waals surface area contributed by atoms with E-state index in [9.17, 15) is 40.5 Å². The molecule has 4 N–H and O–H groups in total. The molecule has 2 aliphatic rings. The molecule has 2 aromatic rings. The van der Waals surface area contributed by atoms with Crippen LogP contribution in [-0.2, 0) is 34.9 Å². The Labute approximate surface area is 291 Å². The first kappa shape index (κ1) is 40.7. The number of carbonyl (C=O) groups excluding carboxylic acids is 2. The van der Waals surface area contributed by atoms with E-state index < -0.39 is 79.3 Å². The number of hydrogen-bond acceptors (Lipinski definition) is 10. The van der Waals surface area contributed by atoms with Gasteiger partial charge in [0.2, 0.25) is 7.44 Å². The van der Waals surface area contributed by atoms with Crippen LogP contribution in [0, 0.1) is 11.8 Å². The zero-order chi connectivity index (χ0) is 38.0. The number of alkyl halides is 6. The molecule has 0 radical (unpaired) electrons. The molecule has 288 valence electrons. The minimum absolute atomic E-state index is 0.00574. The summed E-state index contributed by atoms with van der Waals surface area (Å²) in [5.74, 6) is -4.54. The summed E-state index contributed by atoms with van der Waals surface area (Å²) in [7, 11) is -4.13. The second-order valence-corrected chi connectivity index (χ2v) is 16.7. The molecule has 0 aromatic carbocycles. The standard InChI is InChI=1S/C31H46F6N7O6P/c1-18(14-44-16-41-23-24(38)39-15-40-25(23)44)48-17-51(47,42-28(2,3)26(45)49-21-10-6-19(7-11-21)30(32,33)34)43-29(4,5)27(46)50-22-12-8-20(9-13-22)31(35,36)37/h15-16,18-22H,6-14,17H2,1-5H3,(H2,38,39,40)(H2,42,43,47)/t18-,19-,20-,21-,22-/m1/s1. The van der Waals surface area contributed by atoms with Crippen LogP contribution in [-0.4, -0.2) is 79.5 Å². The van der Waals surface area contributed by atoms with E-state index in [0.717, 1.165) is 0 Å². The number of anilines is 1. The van der Waals surface area contributed by atoms with E-state index >= 15 is 0 Å². The molecule has 2 saturated carbocycles. The predicted octanol–water partition coefficient (Wildman–Crippen LogP) is 6.03. The molecule has 13 nitrogen and oxygen atoms in total. The molecule has 0 unspecified atom stereocenters. The molecule has 0 amide bonds. The lowest BCUT2D eigenvalue weighted by Gasteiger charge is -2.37. The van der Waals surface area contributed by atoms with Crippen molar-refractivity contribution in [3.05, 3.63) is 12.7 Å². The van der Waals surface area contributed by atoms with Gasteiger partial charge in [0.1, 0.15) is 41.5 Å². The van der Waals surface area contributed by atoms with Gasteiger partial charge in [-0.3, -0.25) is 14.2 Å². The van der Waals surface area contributed by atoms with E-state index in [1.807, 2.05) is 0 Å². The highest BCUT2D eigenvalue weighted by Crippen LogP contribution is 2.44. The number of esters is 2. The minimum atomic E-state index is -4.34. The Balaban J connectivity index is 1.46. The van der Waals surface area contributed by atoms with Crippen molar-refractivity contribution in [3.63, 3.8) is 0 Å². The Morgan fingerprint density at radius 3 is 1.73 bits per heavy atom. The third-order valence-electron chi connectivity index (χ3n) is 9.19. The highest BCUT2D eigenvalue weighted by Gasteiger charge is 2.47. The number of carbonyl (C=O) groups is 2. The second-order valence-electron chi connectivity index (χ2n) is 14.5. The van der Waals surface area contributed by atoms with Crippen LogP contribution >= 0.6 is 7.44 Å². The highest BCUT2D eigenvalue weighted by atomic mass is 31.2. The number of nitrogens with one attached hydrogen (secondary N) is 2. The van der Waals surface area contributed by atoms with Crippen molar-refractivity contribution in [2.24, 2.45) is 11.8 Å². The predicted molar refractivity (Wildman–Crippen MR) is 173 cm³/mol. The molecule has 20 heteroatoms. The minimum Gasteiger partial charge on any atom is -0.461 e. The maximum atomic E-state index is 14.6. The molecule has 1 atom stereocenters. The van der Waals surface area contributed by atoms with E-state index in [-0.39, 0.29) is 63.7 Å². The molecule has 4 rings (SSSR count). The largest absolute Gasteiger partial charge is 0.461 e. The molecule has 2 fully saturated rings. The average Bonchev–Trinajstić information content (AvgIpc) is 3.43. The lowest BCUT2D eigenvalue weighted by atomic mass is 9.87. The van der Waals surface area contributed by atoms with Gasteiger partial charge in [-0.05, 0) is 86.0 Å². The Hall–Kier alpha value is -3.02. The van der Waals surface area contributed by atoms with Gasteiger partial charge in [0.25, 0.3) is 0 Å². The molecular formula is C31H46F6N7O6P. The van der Waals surface area contributed by atoms with Crippen LogP contribution in [0.15, 0.2) is 12.7 Å². The molecule has 51 heavy (non-hydrogen) atoms. The maximum Gasteiger partial charge on any atom is 0.391 e. The quantitative estimate of drug-likeness (QED) is 0.123. The second kappa shape index (κ2) is 15.5. The van der Waals surface area contributed by atoms with Crippen molar-refractivity contribution in [1.82, 2.24) is 29.7 Å². The van der Waals surface area contributed by atoms with Crippen LogP contribution in [0.25, 0.3) is 11.2 Å². The summed E-state index contributed by atoms with van der Waals surface area (Å²) in [4.78, 5) is 39.0. The van der Waals surface area contributed by atoms with Crippen LogP contribution in [0.2, 0.25) is 0 Å². The Morgan fingerprint density at radius 2 is 1.29 bits per heavy atom. The Morgan fingerprint density at radius 1 is 0.843 bits per heavy atom. The van der Waals surface area contributed by atoms with Crippen LogP contribution in [0.5, 0.6) is 0 Å². The summed E-state index contributed by atoms with van der Waals surface area (Å²) in [5, 5.41) is 5.51. The molecule has 2 aliphatic carbocycles. The topological polar surface area (TPSA) is 173 Å². The summed E-state index contributed by atoms with van der Waals surface area (Å²) in [6.45, 7) is 7.35. The summed E-state index contributed by atoms with van der Waals surface area (Å²) in [6.07, 6.45) is -9.45. The number of imidazole rings is 1. The van der Waals surface area contributed by atoms with Crippen LogP contribution < -0.4 is 15.9 Å². The first-order valence-corrected chi connectivity index (χ1v) is 18.6. The van der Waals surface area contributed by atoms with E-state index in [4.69, 9.17) is 19.9 Å². The van der Waals surface area contributed by atoms with Gasteiger partial charge in [-0.2, -0.15) is 26.3 Å². The normalized spacial score (nSPS) is 23.2.